The van der Waals surface area contributed by atoms with Gasteiger partial charge in [-0.25, -0.2) is 13.6 Å². The fraction of sp³-hybridized carbons (Fsp3) is 0.900. The Morgan fingerprint density at radius 2 is 1.67 bits per heavy atom. The monoisotopic (exact) mass is 280 g/mol. The van der Waals surface area contributed by atoms with Crippen LogP contribution in [-0.4, -0.2) is 34.4 Å². The van der Waals surface area contributed by atoms with Crippen molar-refractivity contribution >= 4 is 5.97 Å². The zero-order valence-corrected chi connectivity index (χ0v) is 10.1. The molecule has 3 nitrogen and oxygen atoms in total. The quantitative estimate of drug-likeness (QED) is 0.670. The third-order valence-electron chi connectivity index (χ3n) is 1.86. The maximum atomic E-state index is 12.3. The number of carbonyl (C=O) groups is 1. The molecule has 1 unspecified atom stereocenters. The summed E-state index contributed by atoms with van der Waals surface area (Å²) in [5.41, 5.74) is 0. The molecule has 0 aromatic carbocycles. The number of carboxylic acids is 1. The van der Waals surface area contributed by atoms with Gasteiger partial charge in [-0.2, -0.15) is 13.2 Å². The average molecular weight is 280 g/mol. The Hall–Kier alpha value is -0.920. The predicted molar refractivity (Wildman–Crippen MR) is 54.5 cm³/mol. The van der Waals surface area contributed by atoms with Gasteiger partial charge in [0, 0.05) is 12.8 Å². The largest absolute Gasteiger partial charge is 0.490 e. The number of aliphatic hydroxyl groups is 1. The zero-order chi connectivity index (χ0) is 15.0. The highest BCUT2D eigenvalue weighted by Crippen LogP contribution is 2.32. The fourth-order valence-corrected chi connectivity index (χ4v) is 1.15. The van der Waals surface area contributed by atoms with Gasteiger partial charge in [0.15, 0.2) is 0 Å². The Balaban J connectivity index is 0. The number of alkyl halides is 5. The predicted octanol–water partition coefficient (Wildman–Crippen LogP) is 3.22. The lowest BCUT2D eigenvalue weighted by Gasteiger charge is -2.24. The molecule has 0 amide bonds. The van der Waals surface area contributed by atoms with Crippen molar-refractivity contribution in [3.05, 3.63) is 0 Å². The lowest BCUT2D eigenvalue weighted by Crippen LogP contribution is -2.28. The second-order valence-electron chi connectivity index (χ2n) is 3.41. The number of rotatable bonds is 0. The maximum absolute atomic E-state index is 12.3. The molecule has 0 aliphatic heterocycles. The minimum atomic E-state index is -5.08. The van der Waals surface area contributed by atoms with E-state index in [1.54, 1.807) is 0 Å². The molecule has 0 heterocycles. The number of hydrogen-bond donors (Lipinski definition) is 2. The molecule has 18 heavy (non-hydrogen) atoms. The molecule has 1 atom stereocenters. The third-order valence-corrected chi connectivity index (χ3v) is 1.86. The zero-order valence-electron chi connectivity index (χ0n) is 10.1. The van der Waals surface area contributed by atoms with E-state index in [1.165, 1.54) is 0 Å². The first-order valence-electron chi connectivity index (χ1n) is 5.40. The van der Waals surface area contributed by atoms with Crippen LogP contribution in [0.5, 0.6) is 0 Å². The first kappa shape index (κ1) is 19.4. The van der Waals surface area contributed by atoms with E-state index in [1.807, 2.05) is 13.8 Å². The van der Waals surface area contributed by atoms with Gasteiger partial charge in [0.2, 0.25) is 0 Å². The van der Waals surface area contributed by atoms with Gasteiger partial charge in [-0.15, -0.1) is 0 Å². The van der Waals surface area contributed by atoms with Crippen molar-refractivity contribution in [2.45, 2.75) is 57.7 Å². The second kappa shape index (κ2) is 8.23. The Morgan fingerprint density at radius 3 is 1.83 bits per heavy atom. The highest BCUT2D eigenvalue weighted by molar-refractivity contribution is 5.73. The number of aliphatic hydroxyl groups excluding tert-OH is 1. The summed E-state index contributed by atoms with van der Waals surface area (Å²) in [4.78, 5) is 8.90. The molecule has 0 spiro atoms. The summed E-state index contributed by atoms with van der Waals surface area (Å²) >= 11 is 0. The Morgan fingerprint density at radius 1 is 1.28 bits per heavy atom. The van der Waals surface area contributed by atoms with Crippen LogP contribution in [0.4, 0.5) is 22.0 Å². The molecule has 110 valence electrons. The molecule has 0 radical (unpaired) electrons. The van der Waals surface area contributed by atoms with Gasteiger partial charge < -0.3 is 10.2 Å². The molecule has 1 saturated carbocycles. The van der Waals surface area contributed by atoms with Crippen molar-refractivity contribution in [1.82, 2.24) is 0 Å². The van der Waals surface area contributed by atoms with Crippen LogP contribution in [0.15, 0.2) is 0 Å². The number of carboxylic acid groups (broad SMARTS) is 1. The molecule has 0 aromatic rings. The van der Waals surface area contributed by atoms with Crippen molar-refractivity contribution in [1.29, 1.82) is 0 Å². The summed E-state index contributed by atoms with van der Waals surface area (Å²) in [5, 5.41) is 15.9. The fourth-order valence-electron chi connectivity index (χ4n) is 1.15. The summed E-state index contributed by atoms with van der Waals surface area (Å²) < 4.78 is 56.3. The summed E-state index contributed by atoms with van der Waals surface area (Å²) in [6.45, 7) is 4.00. The lowest BCUT2D eigenvalue weighted by molar-refractivity contribution is -0.192. The smallest absolute Gasteiger partial charge is 0.475 e. The SMILES string of the molecule is CC.O=C(O)C(F)(F)F.OC1CCCC(F)(F)C1. The molecular formula is C10H17F5O3. The Kier molecular flexibility index (Phi) is 8.88. The van der Waals surface area contributed by atoms with Crippen molar-refractivity contribution in [2.24, 2.45) is 0 Å². The summed E-state index contributed by atoms with van der Waals surface area (Å²) in [5.74, 6) is -5.36. The molecule has 1 aliphatic carbocycles. The molecule has 0 aromatic heterocycles. The van der Waals surface area contributed by atoms with Gasteiger partial charge in [0.25, 0.3) is 5.92 Å². The van der Waals surface area contributed by atoms with Crippen molar-refractivity contribution in [2.75, 3.05) is 0 Å². The standard InChI is InChI=1S/C6H10F2O.C2HF3O2.C2H6/c7-6(8)3-1-2-5(9)4-6;3-2(4,5)1(6)7;1-2/h5,9H,1-4H2;(H,6,7);1-2H3. The first-order valence-corrected chi connectivity index (χ1v) is 5.40. The lowest BCUT2D eigenvalue weighted by atomic mass is 9.94. The van der Waals surface area contributed by atoms with Gasteiger partial charge in [-0.05, 0) is 12.8 Å². The minimum Gasteiger partial charge on any atom is -0.475 e. The normalized spacial score (nSPS) is 21.9. The van der Waals surface area contributed by atoms with Gasteiger partial charge in [-0.1, -0.05) is 13.8 Å². The topological polar surface area (TPSA) is 57.5 Å². The van der Waals surface area contributed by atoms with Gasteiger partial charge >= 0.3 is 12.1 Å². The van der Waals surface area contributed by atoms with Crippen LogP contribution in [0, 0.1) is 0 Å². The minimum absolute atomic E-state index is 0.0515. The molecule has 1 fully saturated rings. The summed E-state index contributed by atoms with van der Waals surface area (Å²) in [6, 6.07) is 0. The van der Waals surface area contributed by atoms with E-state index in [4.69, 9.17) is 15.0 Å². The van der Waals surface area contributed by atoms with E-state index in [2.05, 4.69) is 0 Å². The van der Waals surface area contributed by atoms with Crippen molar-refractivity contribution in [3.63, 3.8) is 0 Å². The van der Waals surface area contributed by atoms with E-state index in [0.717, 1.165) is 0 Å². The number of aliphatic carboxylic acids is 1. The average Bonchev–Trinajstić information content (AvgIpc) is 2.18. The van der Waals surface area contributed by atoms with Crippen molar-refractivity contribution in [3.8, 4) is 0 Å². The van der Waals surface area contributed by atoms with Crippen LogP contribution >= 0.6 is 0 Å². The van der Waals surface area contributed by atoms with Crippen LogP contribution < -0.4 is 0 Å². The third kappa shape index (κ3) is 10.2. The van der Waals surface area contributed by atoms with E-state index in [-0.39, 0.29) is 12.8 Å². The number of hydrogen-bond acceptors (Lipinski definition) is 2. The van der Waals surface area contributed by atoms with Crippen LogP contribution in [0.25, 0.3) is 0 Å². The van der Waals surface area contributed by atoms with Crippen LogP contribution in [-0.2, 0) is 4.79 Å². The van der Waals surface area contributed by atoms with Gasteiger partial charge in [0.1, 0.15) is 0 Å². The maximum Gasteiger partial charge on any atom is 0.490 e. The second-order valence-corrected chi connectivity index (χ2v) is 3.41. The van der Waals surface area contributed by atoms with E-state index in [9.17, 15) is 22.0 Å². The molecule has 1 rings (SSSR count). The van der Waals surface area contributed by atoms with E-state index >= 15 is 0 Å². The summed E-state index contributed by atoms with van der Waals surface area (Å²) in [7, 11) is 0. The van der Waals surface area contributed by atoms with E-state index < -0.39 is 24.2 Å². The molecule has 1 aliphatic rings. The number of halogens is 5. The Bertz CT molecular complexity index is 240. The Labute approximate surface area is 102 Å². The molecule has 0 saturated heterocycles. The highest BCUT2D eigenvalue weighted by atomic mass is 19.4. The first-order chi connectivity index (χ1) is 8.04. The molecule has 8 heteroatoms. The van der Waals surface area contributed by atoms with Gasteiger partial charge in [-0.3, -0.25) is 0 Å². The van der Waals surface area contributed by atoms with Gasteiger partial charge in [0.05, 0.1) is 6.10 Å². The van der Waals surface area contributed by atoms with Crippen LogP contribution in [0.3, 0.4) is 0 Å². The molecule has 0 bridgehead atoms. The molecule has 2 N–H and O–H groups in total. The molecular weight excluding hydrogens is 263 g/mol. The highest BCUT2D eigenvalue weighted by Gasteiger charge is 2.38. The summed E-state index contributed by atoms with van der Waals surface area (Å²) in [6.07, 6.45) is -5.25. The van der Waals surface area contributed by atoms with E-state index in [0.29, 0.717) is 12.8 Å². The van der Waals surface area contributed by atoms with Crippen LogP contribution in [0.1, 0.15) is 39.5 Å². The van der Waals surface area contributed by atoms with Crippen molar-refractivity contribution < 1.29 is 37.0 Å². The van der Waals surface area contributed by atoms with Crippen LogP contribution in [0.2, 0.25) is 0 Å².